The third-order valence-electron chi connectivity index (χ3n) is 4.40. The van der Waals surface area contributed by atoms with Crippen LogP contribution >= 0.6 is 0 Å². The number of ether oxygens (including phenoxy) is 2. The van der Waals surface area contributed by atoms with Crippen LogP contribution in [0.25, 0.3) is 0 Å². The minimum atomic E-state index is 0.734. The summed E-state index contributed by atoms with van der Waals surface area (Å²) in [5.74, 6) is 3.09. The highest BCUT2D eigenvalue weighted by Crippen LogP contribution is 2.33. The number of nitrogens with zero attached hydrogens (tertiary/aromatic N) is 2. The van der Waals surface area contributed by atoms with E-state index in [2.05, 4.69) is 18.0 Å². The van der Waals surface area contributed by atoms with Crippen LogP contribution in [0, 0.1) is 13.8 Å². The summed E-state index contributed by atoms with van der Waals surface area (Å²) in [5, 5.41) is 0. The van der Waals surface area contributed by atoms with E-state index in [0.29, 0.717) is 0 Å². The summed E-state index contributed by atoms with van der Waals surface area (Å²) < 4.78 is 12.0. The predicted octanol–water partition coefficient (Wildman–Crippen LogP) is 6.50. The summed E-state index contributed by atoms with van der Waals surface area (Å²) in [6.07, 6.45) is 1.85. The molecule has 0 fully saturated rings. The Morgan fingerprint density at radius 2 is 1.50 bits per heavy atom. The first-order valence-corrected chi connectivity index (χ1v) is 9.41. The molecule has 4 heteroatoms. The predicted molar refractivity (Wildman–Crippen MR) is 115 cm³/mol. The highest BCUT2D eigenvalue weighted by Gasteiger charge is 2.07. The summed E-state index contributed by atoms with van der Waals surface area (Å²) in [6.45, 7) is 7.09. The van der Waals surface area contributed by atoms with Gasteiger partial charge in [0.05, 0.1) is 12.0 Å². The van der Waals surface area contributed by atoms with E-state index in [4.69, 9.17) is 9.47 Å². The van der Waals surface area contributed by atoms with Crippen molar-refractivity contribution in [2.45, 2.75) is 20.8 Å². The van der Waals surface area contributed by atoms with Gasteiger partial charge >= 0.3 is 0 Å². The van der Waals surface area contributed by atoms with E-state index in [-0.39, 0.29) is 0 Å². The van der Waals surface area contributed by atoms with Crippen LogP contribution in [0.3, 0.4) is 0 Å². The van der Waals surface area contributed by atoms with Crippen LogP contribution in [0.5, 0.6) is 23.0 Å². The summed E-state index contributed by atoms with van der Waals surface area (Å²) in [5.41, 5.74) is 3.05. The lowest BCUT2D eigenvalue weighted by Crippen LogP contribution is -2.14. The van der Waals surface area contributed by atoms with Crippen LogP contribution < -0.4 is 9.47 Å². The first-order chi connectivity index (χ1) is 13.5. The maximum atomic E-state index is 6.13. The van der Waals surface area contributed by atoms with Crippen molar-refractivity contribution in [1.29, 1.82) is 0 Å². The van der Waals surface area contributed by atoms with Gasteiger partial charge in [0.1, 0.15) is 23.0 Å². The second kappa shape index (κ2) is 9.09. The van der Waals surface area contributed by atoms with E-state index in [0.717, 1.165) is 46.4 Å². The Morgan fingerprint density at radius 3 is 2.21 bits per heavy atom. The van der Waals surface area contributed by atoms with E-state index in [1.54, 1.807) is 0 Å². The third-order valence-corrected chi connectivity index (χ3v) is 4.40. The summed E-state index contributed by atoms with van der Waals surface area (Å²) in [7, 11) is 2.01. The zero-order valence-electron chi connectivity index (χ0n) is 16.8. The highest BCUT2D eigenvalue weighted by atomic mass is 16.5. The normalized spacial score (nSPS) is 10.9. The molecule has 0 bridgehead atoms. The standard InChI is InChI=1S/C24H26N2O2/c1-5-26(4)17-25-23-14-19(3)24(15-18(23)2)28-22-13-9-12-21(16-22)27-20-10-7-6-8-11-20/h6-17H,5H2,1-4H3/b25-17-. The maximum Gasteiger partial charge on any atom is 0.131 e. The monoisotopic (exact) mass is 374 g/mol. The molecule has 0 heterocycles. The minimum Gasteiger partial charge on any atom is -0.457 e. The Balaban J connectivity index is 1.77. The molecule has 0 aliphatic carbocycles. The molecule has 3 aromatic rings. The fraction of sp³-hybridized carbons (Fsp3) is 0.208. The van der Waals surface area contributed by atoms with Gasteiger partial charge in [-0.25, -0.2) is 4.99 Å². The van der Waals surface area contributed by atoms with Crippen LogP contribution in [0.1, 0.15) is 18.1 Å². The highest BCUT2D eigenvalue weighted by molar-refractivity contribution is 5.64. The van der Waals surface area contributed by atoms with E-state index in [9.17, 15) is 0 Å². The molecule has 0 aliphatic rings. The number of para-hydroxylation sites is 1. The van der Waals surface area contributed by atoms with Gasteiger partial charge in [-0.1, -0.05) is 24.3 Å². The molecule has 0 N–H and O–H groups in total. The van der Waals surface area contributed by atoms with Crippen LogP contribution in [0.2, 0.25) is 0 Å². The molecule has 0 saturated carbocycles. The molecule has 0 radical (unpaired) electrons. The van der Waals surface area contributed by atoms with Crippen LogP contribution in [0.4, 0.5) is 5.69 Å². The van der Waals surface area contributed by atoms with Gasteiger partial charge in [-0.3, -0.25) is 0 Å². The average Bonchev–Trinajstić information content (AvgIpc) is 2.70. The first-order valence-electron chi connectivity index (χ1n) is 9.41. The fourth-order valence-corrected chi connectivity index (χ4v) is 2.62. The van der Waals surface area contributed by atoms with Crippen molar-refractivity contribution in [3.05, 3.63) is 77.9 Å². The summed E-state index contributed by atoms with van der Waals surface area (Å²) in [6, 6.07) is 21.5. The van der Waals surface area contributed by atoms with Gasteiger partial charge in [0, 0.05) is 19.7 Å². The van der Waals surface area contributed by atoms with E-state index >= 15 is 0 Å². The van der Waals surface area contributed by atoms with Gasteiger partial charge in [0.2, 0.25) is 0 Å². The molecule has 3 aromatic carbocycles. The minimum absolute atomic E-state index is 0.734. The Hall–Kier alpha value is -3.27. The van der Waals surface area contributed by atoms with E-state index in [1.807, 2.05) is 92.8 Å². The van der Waals surface area contributed by atoms with Crippen LogP contribution in [-0.4, -0.2) is 24.8 Å². The Bertz CT molecular complexity index is 952. The van der Waals surface area contributed by atoms with Gasteiger partial charge in [0.15, 0.2) is 0 Å². The number of benzene rings is 3. The van der Waals surface area contributed by atoms with Crippen molar-refractivity contribution in [1.82, 2.24) is 4.90 Å². The first kappa shape index (κ1) is 19.5. The SMILES string of the molecule is CCN(C)/C=N\c1cc(C)c(Oc2cccc(Oc3ccccc3)c2)cc1C. The largest absolute Gasteiger partial charge is 0.457 e. The number of aryl methyl sites for hydroxylation is 2. The molecule has 3 rings (SSSR count). The van der Waals surface area contributed by atoms with Gasteiger partial charge in [-0.15, -0.1) is 0 Å². The van der Waals surface area contributed by atoms with Gasteiger partial charge < -0.3 is 14.4 Å². The molecule has 0 atom stereocenters. The fourth-order valence-electron chi connectivity index (χ4n) is 2.62. The van der Waals surface area contributed by atoms with Crippen LogP contribution in [0.15, 0.2) is 71.7 Å². The van der Waals surface area contributed by atoms with Crippen molar-refractivity contribution < 1.29 is 9.47 Å². The molecule has 0 aromatic heterocycles. The van der Waals surface area contributed by atoms with Gasteiger partial charge in [-0.05, 0) is 68.3 Å². The average molecular weight is 374 g/mol. The third kappa shape index (κ3) is 5.13. The van der Waals surface area contributed by atoms with E-state index < -0.39 is 0 Å². The van der Waals surface area contributed by atoms with Crippen molar-refractivity contribution in [2.75, 3.05) is 13.6 Å². The topological polar surface area (TPSA) is 34.1 Å². The van der Waals surface area contributed by atoms with Gasteiger partial charge in [-0.2, -0.15) is 0 Å². The summed E-state index contributed by atoms with van der Waals surface area (Å²) >= 11 is 0. The van der Waals surface area contributed by atoms with Crippen molar-refractivity contribution in [3.63, 3.8) is 0 Å². The Morgan fingerprint density at radius 1 is 0.821 bits per heavy atom. The molecule has 28 heavy (non-hydrogen) atoms. The van der Waals surface area contributed by atoms with Crippen LogP contribution in [-0.2, 0) is 0 Å². The molecule has 144 valence electrons. The zero-order valence-corrected chi connectivity index (χ0v) is 16.8. The van der Waals surface area contributed by atoms with E-state index in [1.165, 1.54) is 0 Å². The molecular formula is C24H26N2O2. The quantitative estimate of drug-likeness (QED) is 0.350. The molecule has 0 unspecified atom stereocenters. The molecular weight excluding hydrogens is 348 g/mol. The lowest BCUT2D eigenvalue weighted by molar-refractivity contribution is 0.458. The summed E-state index contributed by atoms with van der Waals surface area (Å²) in [4.78, 5) is 6.61. The van der Waals surface area contributed by atoms with Crippen molar-refractivity contribution >= 4 is 12.0 Å². The Labute approximate surface area is 167 Å². The lowest BCUT2D eigenvalue weighted by atomic mass is 10.1. The number of hydrogen-bond acceptors (Lipinski definition) is 3. The van der Waals surface area contributed by atoms with Gasteiger partial charge in [0.25, 0.3) is 0 Å². The molecule has 0 saturated heterocycles. The van der Waals surface area contributed by atoms with Crippen molar-refractivity contribution in [2.24, 2.45) is 4.99 Å². The maximum absolute atomic E-state index is 6.13. The Kier molecular flexibility index (Phi) is 6.33. The number of aliphatic imine (C=N–C) groups is 1. The number of rotatable bonds is 7. The smallest absolute Gasteiger partial charge is 0.131 e. The number of hydrogen-bond donors (Lipinski definition) is 0. The second-order valence-electron chi connectivity index (χ2n) is 6.71. The molecule has 0 spiro atoms. The second-order valence-corrected chi connectivity index (χ2v) is 6.71. The van der Waals surface area contributed by atoms with Crippen molar-refractivity contribution in [3.8, 4) is 23.0 Å². The molecule has 0 amide bonds. The molecule has 0 aliphatic heterocycles. The zero-order chi connectivity index (χ0) is 19.9. The lowest BCUT2D eigenvalue weighted by Gasteiger charge is -2.13. The molecule has 4 nitrogen and oxygen atoms in total.